The van der Waals surface area contributed by atoms with Gasteiger partial charge in [-0.15, -0.1) is 0 Å². The average Bonchev–Trinajstić information content (AvgIpc) is 2.41. The highest BCUT2D eigenvalue weighted by Gasteiger charge is 2.48. The molecule has 76 valence electrons. The molecule has 3 atom stereocenters. The Morgan fingerprint density at radius 1 is 1.50 bits per heavy atom. The number of carbonyl (C=O) groups excluding carboxylic acids is 2. The lowest BCUT2D eigenvalue weighted by atomic mass is 9.86. The summed E-state index contributed by atoms with van der Waals surface area (Å²) in [5, 5.41) is 9.30. The molecule has 0 bridgehead atoms. The summed E-state index contributed by atoms with van der Waals surface area (Å²) >= 11 is 0. The first-order chi connectivity index (χ1) is 6.63. The molecule has 0 saturated carbocycles. The molecule has 1 saturated heterocycles. The molecular weight excluding hydrogens is 182 g/mol. The van der Waals surface area contributed by atoms with E-state index >= 15 is 0 Å². The molecule has 0 radical (unpaired) electrons. The number of carbonyl (C=O) groups is 2. The highest BCUT2D eigenvalue weighted by molar-refractivity contribution is 6.06. The Hall–Kier alpha value is -1.16. The Morgan fingerprint density at radius 3 is 2.79 bits per heavy atom. The number of nitrogens with zero attached hydrogens (tertiary/aromatic N) is 1. The molecule has 2 aliphatic rings. The van der Waals surface area contributed by atoms with Crippen LogP contribution in [-0.4, -0.2) is 28.0 Å². The second-order valence-corrected chi connectivity index (χ2v) is 3.82. The molecular formula is C10H13NO3. The fourth-order valence-electron chi connectivity index (χ4n) is 2.18. The number of aliphatic hydroxyl groups is 1. The van der Waals surface area contributed by atoms with Crippen molar-refractivity contribution in [1.82, 2.24) is 4.90 Å². The van der Waals surface area contributed by atoms with Gasteiger partial charge >= 0.3 is 0 Å². The highest BCUT2D eigenvalue weighted by atomic mass is 16.3. The molecule has 4 heteroatoms. The summed E-state index contributed by atoms with van der Waals surface area (Å²) in [5.41, 5.74) is 0. The number of rotatable bonds is 1. The molecule has 1 N–H and O–H groups in total. The molecule has 4 nitrogen and oxygen atoms in total. The zero-order valence-corrected chi connectivity index (χ0v) is 8.01. The van der Waals surface area contributed by atoms with Gasteiger partial charge in [0.1, 0.15) is 6.23 Å². The van der Waals surface area contributed by atoms with E-state index in [1.54, 1.807) is 6.08 Å². The molecule has 2 rings (SSSR count). The van der Waals surface area contributed by atoms with E-state index in [-0.39, 0.29) is 23.7 Å². The van der Waals surface area contributed by atoms with Gasteiger partial charge in [-0.25, -0.2) is 0 Å². The lowest BCUT2D eigenvalue weighted by Crippen LogP contribution is -2.38. The normalized spacial score (nSPS) is 33.4. The third-order valence-electron chi connectivity index (χ3n) is 2.87. The SMILES string of the molecule is CC(O)N1C(=O)C2C=CCCC2C1=O. The summed E-state index contributed by atoms with van der Waals surface area (Å²) in [5.74, 6) is -1.04. The fraction of sp³-hybridized carbons (Fsp3) is 0.600. The smallest absolute Gasteiger partial charge is 0.239 e. The zero-order chi connectivity index (χ0) is 10.3. The summed E-state index contributed by atoms with van der Waals surface area (Å²) in [6.45, 7) is 1.44. The second kappa shape index (κ2) is 3.20. The predicted octanol–water partition coefficient (Wildman–Crippen LogP) is 0.276. The minimum Gasteiger partial charge on any atom is -0.373 e. The molecule has 0 aromatic carbocycles. The lowest BCUT2D eigenvalue weighted by Gasteiger charge is -2.17. The molecule has 1 aliphatic heterocycles. The number of hydrogen-bond acceptors (Lipinski definition) is 3. The molecule has 14 heavy (non-hydrogen) atoms. The summed E-state index contributed by atoms with van der Waals surface area (Å²) in [4.78, 5) is 24.4. The molecule has 1 heterocycles. The molecule has 1 aliphatic carbocycles. The first-order valence-corrected chi connectivity index (χ1v) is 4.84. The zero-order valence-electron chi connectivity index (χ0n) is 8.01. The summed E-state index contributed by atoms with van der Waals surface area (Å²) in [6.07, 6.45) is 4.27. The number of imide groups is 1. The van der Waals surface area contributed by atoms with Gasteiger partial charge in [-0.1, -0.05) is 12.2 Å². The van der Waals surface area contributed by atoms with Crippen LogP contribution in [0.2, 0.25) is 0 Å². The van der Waals surface area contributed by atoms with Crippen LogP contribution in [0.5, 0.6) is 0 Å². The number of amides is 2. The van der Waals surface area contributed by atoms with E-state index in [1.165, 1.54) is 6.92 Å². The minimum absolute atomic E-state index is 0.223. The molecule has 0 aromatic heterocycles. The monoisotopic (exact) mass is 195 g/mol. The number of allylic oxidation sites excluding steroid dienone is 1. The summed E-state index contributed by atoms with van der Waals surface area (Å²) in [7, 11) is 0. The fourth-order valence-corrected chi connectivity index (χ4v) is 2.18. The van der Waals surface area contributed by atoms with Gasteiger partial charge in [-0.3, -0.25) is 14.5 Å². The maximum atomic E-state index is 11.7. The Labute approximate surface area is 82.2 Å². The molecule has 0 spiro atoms. The van der Waals surface area contributed by atoms with Gasteiger partial charge in [0.15, 0.2) is 0 Å². The Balaban J connectivity index is 2.31. The van der Waals surface area contributed by atoms with Crippen LogP contribution in [0.15, 0.2) is 12.2 Å². The van der Waals surface area contributed by atoms with E-state index in [2.05, 4.69) is 0 Å². The van der Waals surface area contributed by atoms with Crippen molar-refractivity contribution in [2.45, 2.75) is 26.0 Å². The van der Waals surface area contributed by atoms with Crippen LogP contribution in [0.4, 0.5) is 0 Å². The van der Waals surface area contributed by atoms with Crippen LogP contribution < -0.4 is 0 Å². The van der Waals surface area contributed by atoms with Crippen molar-refractivity contribution < 1.29 is 14.7 Å². The summed E-state index contributed by atoms with van der Waals surface area (Å²) in [6, 6.07) is 0. The topological polar surface area (TPSA) is 57.6 Å². The van der Waals surface area contributed by atoms with Gasteiger partial charge in [0.05, 0.1) is 11.8 Å². The number of likely N-dealkylation sites (tertiary alicyclic amines) is 1. The van der Waals surface area contributed by atoms with Gasteiger partial charge in [-0.05, 0) is 19.8 Å². The van der Waals surface area contributed by atoms with Gasteiger partial charge in [0, 0.05) is 0 Å². The van der Waals surface area contributed by atoms with Crippen molar-refractivity contribution in [2.24, 2.45) is 11.8 Å². The van der Waals surface area contributed by atoms with Crippen LogP contribution in [0, 0.1) is 11.8 Å². The van der Waals surface area contributed by atoms with Gasteiger partial charge in [-0.2, -0.15) is 0 Å². The largest absolute Gasteiger partial charge is 0.373 e. The standard InChI is InChI=1S/C10H13NO3/c1-6(12)11-9(13)7-4-2-3-5-8(7)10(11)14/h2,4,6-8,12H,3,5H2,1H3. The van der Waals surface area contributed by atoms with E-state index < -0.39 is 6.23 Å². The van der Waals surface area contributed by atoms with Crippen molar-refractivity contribution in [3.8, 4) is 0 Å². The Morgan fingerprint density at radius 2 is 2.21 bits per heavy atom. The number of aliphatic hydroxyl groups excluding tert-OH is 1. The van der Waals surface area contributed by atoms with E-state index in [9.17, 15) is 14.7 Å². The van der Waals surface area contributed by atoms with E-state index in [0.29, 0.717) is 0 Å². The third-order valence-corrected chi connectivity index (χ3v) is 2.87. The van der Waals surface area contributed by atoms with E-state index in [4.69, 9.17) is 0 Å². The van der Waals surface area contributed by atoms with Crippen LogP contribution in [0.1, 0.15) is 19.8 Å². The van der Waals surface area contributed by atoms with Crippen molar-refractivity contribution in [3.05, 3.63) is 12.2 Å². The molecule has 1 fully saturated rings. The predicted molar refractivity (Wildman–Crippen MR) is 48.9 cm³/mol. The first-order valence-electron chi connectivity index (χ1n) is 4.84. The maximum absolute atomic E-state index is 11.7. The molecule has 0 aromatic rings. The van der Waals surface area contributed by atoms with Crippen molar-refractivity contribution >= 4 is 11.8 Å². The van der Waals surface area contributed by atoms with Crippen LogP contribution in [-0.2, 0) is 9.59 Å². The highest BCUT2D eigenvalue weighted by Crippen LogP contribution is 2.34. The number of fused-ring (bicyclic) bond motifs is 1. The summed E-state index contributed by atoms with van der Waals surface area (Å²) < 4.78 is 0. The van der Waals surface area contributed by atoms with Gasteiger partial charge in [0.25, 0.3) is 0 Å². The van der Waals surface area contributed by atoms with Crippen LogP contribution in [0.3, 0.4) is 0 Å². The van der Waals surface area contributed by atoms with Crippen molar-refractivity contribution in [3.63, 3.8) is 0 Å². The van der Waals surface area contributed by atoms with Gasteiger partial charge < -0.3 is 5.11 Å². The van der Waals surface area contributed by atoms with E-state index in [0.717, 1.165) is 17.7 Å². The van der Waals surface area contributed by atoms with Gasteiger partial charge in [0.2, 0.25) is 11.8 Å². The first kappa shape index (κ1) is 9.40. The second-order valence-electron chi connectivity index (χ2n) is 3.82. The quantitative estimate of drug-likeness (QED) is 0.483. The molecule has 3 unspecified atom stereocenters. The molecule has 2 amide bonds. The van der Waals surface area contributed by atoms with Crippen LogP contribution in [0.25, 0.3) is 0 Å². The van der Waals surface area contributed by atoms with Crippen LogP contribution >= 0.6 is 0 Å². The maximum Gasteiger partial charge on any atom is 0.239 e. The Kier molecular flexibility index (Phi) is 2.15. The number of hydrogen-bond donors (Lipinski definition) is 1. The third kappa shape index (κ3) is 1.18. The van der Waals surface area contributed by atoms with Crippen molar-refractivity contribution in [2.75, 3.05) is 0 Å². The minimum atomic E-state index is -1.01. The van der Waals surface area contributed by atoms with E-state index in [1.807, 2.05) is 6.08 Å². The van der Waals surface area contributed by atoms with Crippen molar-refractivity contribution in [1.29, 1.82) is 0 Å². The average molecular weight is 195 g/mol. The Bertz CT molecular complexity index is 308. The lowest BCUT2D eigenvalue weighted by molar-refractivity contribution is -0.149.